The highest BCUT2D eigenvalue weighted by Crippen LogP contribution is 2.42. The molecule has 0 spiro atoms. The van der Waals surface area contributed by atoms with Crippen LogP contribution >= 0.6 is 0 Å². The van der Waals surface area contributed by atoms with Gasteiger partial charge in [0.25, 0.3) is 0 Å². The van der Waals surface area contributed by atoms with E-state index in [1.165, 1.54) is 11.8 Å². The average Bonchev–Trinajstić information content (AvgIpc) is 3.48. The van der Waals surface area contributed by atoms with E-state index in [2.05, 4.69) is 14.5 Å². The fraction of sp³-hybridized carbons (Fsp3) is 0.500. The number of carbonyl (C=O) groups excluding carboxylic acids is 3. The number of ether oxygens (including phenoxy) is 1. The first kappa shape index (κ1) is 33.3. The minimum atomic E-state index is -4.65. The molecule has 3 aliphatic rings. The summed E-state index contributed by atoms with van der Waals surface area (Å²) in [5.74, 6) is -0.862. The van der Waals surface area contributed by atoms with Gasteiger partial charge in [0.2, 0.25) is 11.8 Å². The number of alkyl halides is 3. The van der Waals surface area contributed by atoms with Gasteiger partial charge in [0, 0.05) is 50.4 Å². The van der Waals surface area contributed by atoms with Crippen molar-refractivity contribution in [1.82, 2.24) is 19.4 Å². The molecule has 0 saturated carbocycles. The molecule has 0 bridgehead atoms. The summed E-state index contributed by atoms with van der Waals surface area (Å²) in [5.41, 5.74) is 2.61. The van der Waals surface area contributed by atoms with Gasteiger partial charge in [-0.25, -0.2) is 14.8 Å². The highest BCUT2D eigenvalue weighted by Gasteiger charge is 2.49. The van der Waals surface area contributed by atoms with Gasteiger partial charge in [0.05, 0.1) is 35.7 Å². The van der Waals surface area contributed by atoms with Gasteiger partial charge in [-0.15, -0.1) is 0 Å². The van der Waals surface area contributed by atoms with E-state index in [4.69, 9.17) is 9.72 Å². The van der Waals surface area contributed by atoms with Crippen molar-refractivity contribution in [3.8, 4) is 0 Å². The topological polar surface area (TPSA) is 104 Å². The van der Waals surface area contributed by atoms with Crippen molar-refractivity contribution in [2.75, 3.05) is 34.8 Å². The number of pyridine rings is 1. The molecule has 0 unspecified atom stereocenters. The Hall–Kier alpha value is -4.62. The molecular weight excluding hydrogens is 627 g/mol. The predicted octanol–water partition coefficient (Wildman–Crippen LogP) is 5.38. The van der Waals surface area contributed by atoms with Crippen LogP contribution in [0.1, 0.15) is 61.2 Å². The monoisotopic (exact) mass is 667 g/mol. The van der Waals surface area contributed by atoms with Crippen molar-refractivity contribution >= 4 is 35.1 Å². The molecule has 3 aromatic rings. The fourth-order valence-corrected chi connectivity index (χ4v) is 6.99. The van der Waals surface area contributed by atoms with E-state index in [9.17, 15) is 27.6 Å². The number of hydrogen-bond acceptors (Lipinski definition) is 7. The molecule has 6 rings (SSSR count). The van der Waals surface area contributed by atoms with E-state index in [0.29, 0.717) is 31.9 Å². The SMILES string of the molecule is Cc1cc(C(F)(F)F)cc(N2C(=O)C[C@@H]3CN(Cc4nc5n(c4C)CCN(C(=O)OC(C)(C)C)C5)c4c(C)cccc4N(C)C(=O)[C@H]32)n1. The van der Waals surface area contributed by atoms with E-state index in [0.717, 1.165) is 45.5 Å². The van der Waals surface area contributed by atoms with Crippen LogP contribution in [0.2, 0.25) is 0 Å². The van der Waals surface area contributed by atoms with Gasteiger partial charge < -0.3 is 19.1 Å². The number of rotatable bonds is 3. The highest BCUT2D eigenvalue weighted by atomic mass is 19.4. The number of amides is 3. The lowest BCUT2D eigenvalue weighted by Crippen LogP contribution is -2.52. The van der Waals surface area contributed by atoms with Crippen molar-refractivity contribution in [1.29, 1.82) is 0 Å². The van der Waals surface area contributed by atoms with Crippen molar-refractivity contribution in [2.24, 2.45) is 5.92 Å². The quantitative estimate of drug-likeness (QED) is 0.370. The molecule has 2 atom stereocenters. The Morgan fingerprint density at radius 1 is 1.04 bits per heavy atom. The second-order valence-corrected chi connectivity index (χ2v) is 13.9. The molecule has 3 amide bonds. The Labute approximate surface area is 277 Å². The van der Waals surface area contributed by atoms with E-state index >= 15 is 0 Å². The van der Waals surface area contributed by atoms with Crippen LogP contribution in [0, 0.1) is 26.7 Å². The summed E-state index contributed by atoms with van der Waals surface area (Å²) in [6, 6.07) is 6.33. The van der Waals surface area contributed by atoms with Crippen molar-refractivity contribution in [3.05, 3.63) is 64.4 Å². The predicted molar refractivity (Wildman–Crippen MR) is 173 cm³/mol. The second kappa shape index (κ2) is 11.8. The number of aryl methyl sites for hydroxylation is 2. The standard InChI is InChI=1S/C34H40F3N7O4/c1-19-9-8-10-25-29(19)42(17-24-21(3)43-12-11-41(18-27(43)39-24)32(47)48-33(4,5)6)16-22-14-28(45)44(30(22)31(46)40(25)7)26-15-23(34(35,36)37)13-20(2)38-26/h8-10,13,15,22,30H,11-12,14,16-18H2,1-7H3/t22-,30+/m1/s1. The molecule has 5 heterocycles. The van der Waals surface area contributed by atoms with Crippen molar-refractivity contribution < 1.29 is 32.3 Å². The number of para-hydroxylation sites is 1. The van der Waals surface area contributed by atoms with Gasteiger partial charge in [-0.05, 0) is 65.3 Å². The number of imidazole rings is 1. The number of carbonyl (C=O) groups is 3. The molecule has 1 aromatic carbocycles. The van der Waals surface area contributed by atoms with Crippen LogP contribution in [0.5, 0.6) is 0 Å². The van der Waals surface area contributed by atoms with Gasteiger partial charge in [-0.2, -0.15) is 13.2 Å². The fourth-order valence-electron chi connectivity index (χ4n) is 6.99. The van der Waals surface area contributed by atoms with Crippen LogP contribution in [0.15, 0.2) is 30.3 Å². The number of halogens is 3. The third-order valence-electron chi connectivity index (χ3n) is 9.19. The average molecular weight is 668 g/mol. The van der Waals surface area contributed by atoms with Gasteiger partial charge in [-0.1, -0.05) is 12.1 Å². The number of likely N-dealkylation sites (N-methyl/N-ethyl adjacent to an activating group) is 1. The zero-order valence-electron chi connectivity index (χ0n) is 28.2. The minimum absolute atomic E-state index is 0.0392. The second-order valence-electron chi connectivity index (χ2n) is 13.9. The first-order chi connectivity index (χ1) is 22.4. The molecule has 256 valence electrons. The molecule has 2 aromatic heterocycles. The molecule has 48 heavy (non-hydrogen) atoms. The molecule has 1 fully saturated rings. The lowest BCUT2D eigenvalue weighted by Gasteiger charge is -2.39. The first-order valence-electron chi connectivity index (χ1n) is 16.0. The first-order valence-corrected chi connectivity index (χ1v) is 16.0. The van der Waals surface area contributed by atoms with Crippen LogP contribution in [0.4, 0.5) is 35.2 Å². The van der Waals surface area contributed by atoms with Crippen LogP contribution in [-0.2, 0) is 40.1 Å². The highest BCUT2D eigenvalue weighted by molar-refractivity contribution is 6.10. The summed E-state index contributed by atoms with van der Waals surface area (Å²) >= 11 is 0. The third kappa shape index (κ3) is 6.08. The number of anilines is 3. The van der Waals surface area contributed by atoms with Crippen LogP contribution in [0.25, 0.3) is 0 Å². The van der Waals surface area contributed by atoms with Crippen LogP contribution in [-0.4, -0.2) is 69.1 Å². The van der Waals surface area contributed by atoms with Crippen LogP contribution < -0.4 is 14.7 Å². The summed E-state index contributed by atoms with van der Waals surface area (Å²) in [5, 5.41) is 0. The zero-order chi connectivity index (χ0) is 34.9. The summed E-state index contributed by atoms with van der Waals surface area (Å²) in [6.07, 6.45) is -5.09. The molecular formula is C34H40F3N7O4. The number of nitrogens with zero attached hydrogens (tertiary/aromatic N) is 7. The lowest BCUT2D eigenvalue weighted by molar-refractivity contribution is -0.137. The van der Waals surface area contributed by atoms with E-state index in [1.807, 2.05) is 52.8 Å². The third-order valence-corrected chi connectivity index (χ3v) is 9.19. The summed E-state index contributed by atoms with van der Waals surface area (Å²) in [4.78, 5) is 56.2. The maximum Gasteiger partial charge on any atom is 0.416 e. The summed E-state index contributed by atoms with van der Waals surface area (Å²) < 4.78 is 49.0. The van der Waals surface area contributed by atoms with Gasteiger partial charge >= 0.3 is 12.3 Å². The van der Waals surface area contributed by atoms with Gasteiger partial charge in [-0.3, -0.25) is 19.4 Å². The smallest absolute Gasteiger partial charge is 0.416 e. The number of hydrogen-bond donors (Lipinski definition) is 0. The minimum Gasteiger partial charge on any atom is -0.444 e. The summed E-state index contributed by atoms with van der Waals surface area (Å²) in [7, 11) is 1.62. The molecule has 1 saturated heterocycles. The largest absolute Gasteiger partial charge is 0.444 e. The molecule has 14 heteroatoms. The Morgan fingerprint density at radius 2 is 1.77 bits per heavy atom. The van der Waals surface area contributed by atoms with Gasteiger partial charge in [0.1, 0.15) is 23.3 Å². The number of aromatic nitrogens is 3. The Morgan fingerprint density at radius 3 is 2.46 bits per heavy atom. The van der Waals surface area contributed by atoms with E-state index < -0.39 is 47.2 Å². The number of benzene rings is 1. The van der Waals surface area contributed by atoms with Crippen LogP contribution in [0.3, 0.4) is 0 Å². The molecule has 0 N–H and O–H groups in total. The molecule has 11 nitrogen and oxygen atoms in total. The maximum atomic E-state index is 14.2. The number of fused-ring (bicyclic) bond motifs is 3. The van der Waals surface area contributed by atoms with E-state index in [-0.39, 0.29) is 24.5 Å². The lowest BCUT2D eigenvalue weighted by atomic mass is 9.94. The Bertz CT molecular complexity index is 1800. The summed E-state index contributed by atoms with van der Waals surface area (Å²) in [6.45, 7) is 12.8. The Kier molecular flexibility index (Phi) is 8.19. The van der Waals surface area contributed by atoms with Crippen molar-refractivity contribution in [3.63, 3.8) is 0 Å². The normalized spacial score (nSPS) is 20.0. The van der Waals surface area contributed by atoms with Crippen molar-refractivity contribution in [2.45, 2.75) is 85.4 Å². The molecule has 3 aliphatic heterocycles. The molecule has 0 radical (unpaired) electrons. The zero-order valence-corrected chi connectivity index (χ0v) is 28.2. The van der Waals surface area contributed by atoms with Gasteiger partial charge in [0.15, 0.2) is 0 Å². The Balaban J connectivity index is 1.37. The van der Waals surface area contributed by atoms with E-state index in [1.54, 1.807) is 11.9 Å². The maximum absolute atomic E-state index is 14.2. The molecule has 0 aliphatic carbocycles.